The fourth-order valence-electron chi connectivity index (χ4n) is 2.68. The summed E-state index contributed by atoms with van der Waals surface area (Å²) >= 11 is 0. The summed E-state index contributed by atoms with van der Waals surface area (Å²) in [5.74, 6) is 1.06. The molecule has 25 heavy (non-hydrogen) atoms. The summed E-state index contributed by atoms with van der Waals surface area (Å²) in [7, 11) is 0. The molecule has 124 valence electrons. The summed E-state index contributed by atoms with van der Waals surface area (Å²) in [6.45, 7) is 0. The second kappa shape index (κ2) is 6.60. The minimum Gasteiger partial charge on any atom is -0.383 e. The molecule has 0 unspecified atom stereocenters. The van der Waals surface area contributed by atoms with Crippen LogP contribution in [-0.2, 0) is 12.8 Å². The van der Waals surface area contributed by atoms with Gasteiger partial charge in [-0.25, -0.2) is 4.98 Å². The highest BCUT2D eigenvalue weighted by Gasteiger charge is 2.10. The Bertz CT molecular complexity index is 959. The number of benzene rings is 1. The number of hydrogen-bond acceptors (Lipinski definition) is 6. The van der Waals surface area contributed by atoms with Gasteiger partial charge in [0.1, 0.15) is 12.1 Å². The van der Waals surface area contributed by atoms with Crippen molar-refractivity contribution >= 4 is 5.82 Å². The molecule has 2 N–H and O–H groups in total. The first kappa shape index (κ1) is 15.1. The Morgan fingerprint density at radius 1 is 0.960 bits per heavy atom. The average molecular weight is 332 g/mol. The van der Waals surface area contributed by atoms with Gasteiger partial charge in [-0.05, 0) is 23.3 Å². The predicted octanol–water partition coefficient (Wildman–Crippen LogP) is 3.49. The normalized spacial score (nSPS) is 10.9. The summed E-state index contributed by atoms with van der Waals surface area (Å²) in [4.78, 5) is 4.07. The first-order valence-electron chi connectivity index (χ1n) is 7.90. The lowest BCUT2D eigenvalue weighted by Gasteiger charge is -2.01. The van der Waals surface area contributed by atoms with Crippen LogP contribution in [0, 0.1) is 0 Å². The molecule has 0 fully saturated rings. The molecule has 3 aromatic heterocycles. The van der Waals surface area contributed by atoms with Gasteiger partial charge in [-0.1, -0.05) is 34.6 Å². The van der Waals surface area contributed by atoms with Crippen molar-refractivity contribution in [1.82, 2.24) is 15.3 Å². The lowest BCUT2D eigenvalue weighted by Crippen LogP contribution is -1.92. The molecule has 4 aromatic rings. The SMILES string of the molecule is Nc1ncccc1-c1cc(Cc2ccc(Cc3cnoc3)cc2)no1. The fraction of sp³-hybridized carbons (Fsp3) is 0.105. The minimum atomic E-state index is 0.434. The number of hydrogen-bond donors (Lipinski definition) is 1. The maximum absolute atomic E-state index is 5.88. The number of pyridine rings is 1. The lowest BCUT2D eigenvalue weighted by atomic mass is 10.0. The zero-order valence-corrected chi connectivity index (χ0v) is 13.4. The Balaban J connectivity index is 1.47. The standard InChI is InChI=1S/C19H16N4O2/c20-19-17(2-1-7-21-19)18-10-16(23-25-18)9-14-5-3-13(4-6-14)8-15-11-22-24-12-15/h1-7,10-12H,8-9H2,(H2,20,21). The van der Waals surface area contributed by atoms with E-state index in [0.29, 0.717) is 18.0 Å². The van der Waals surface area contributed by atoms with E-state index in [4.69, 9.17) is 14.8 Å². The molecular formula is C19H16N4O2. The highest BCUT2D eigenvalue weighted by Crippen LogP contribution is 2.25. The molecule has 0 aliphatic heterocycles. The predicted molar refractivity (Wildman–Crippen MR) is 92.7 cm³/mol. The van der Waals surface area contributed by atoms with E-state index in [2.05, 4.69) is 39.6 Å². The van der Waals surface area contributed by atoms with Gasteiger partial charge in [0.2, 0.25) is 0 Å². The van der Waals surface area contributed by atoms with Crippen LogP contribution in [0.5, 0.6) is 0 Å². The smallest absolute Gasteiger partial charge is 0.170 e. The maximum atomic E-state index is 5.88. The van der Waals surface area contributed by atoms with E-state index in [1.54, 1.807) is 18.7 Å². The molecule has 1 aromatic carbocycles. The van der Waals surface area contributed by atoms with Crippen LogP contribution < -0.4 is 5.73 Å². The van der Waals surface area contributed by atoms with Gasteiger partial charge in [-0.15, -0.1) is 0 Å². The quantitative estimate of drug-likeness (QED) is 0.601. The number of aromatic nitrogens is 3. The molecule has 3 heterocycles. The Kier molecular flexibility index (Phi) is 4.00. The molecule has 0 atom stereocenters. The number of nitrogens with zero attached hydrogens (tertiary/aromatic N) is 3. The molecule has 0 saturated carbocycles. The van der Waals surface area contributed by atoms with E-state index in [1.165, 1.54) is 5.56 Å². The van der Waals surface area contributed by atoms with E-state index < -0.39 is 0 Å². The molecule has 6 heteroatoms. The van der Waals surface area contributed by atoms with Gasteiger partial charge < -0.3 is 14.8 Å². The number of nitrogens with two attached hydrogens (primary N) is 1. The van der Waals surface area contributed by atoms with Gasteiger partial charge in [-0.2, -0.15) is 0 Å². The third-order valence-corrected chi connectivity index (χ3v) is 3.96. The minimum absolute atomic E-state index is 0.434. The molecule has 0 aliphatic rings. The van der Waals surface area contributed by atoms with Crippen LogP contribution in [0.15, 0.2) is 70.2 Å². The average Bonchev–Trinajstić information content (AvgIpc) is 3.29. The summed E-state index contributed by atoms with van der Waals surface area (Å²) in [5.41, 5.74) is 10.9. The Hall–Kier alpha value is -3.41. The number of anilines is 1. The van der Waals surface area contributed by atoms with Crippen LogP contribution >= 0.6 is 0 Å². The second-order valence-corrected chi connectivity index (χ2v) is 5.82. The van der Waals surface area contributed by atoms with Crippen LogP contribution in [0.1, 0.15) is 22.4 Å². The summed E-state index contributed by atoms with van der Waals surface area (Å²) in [6, 6.07) is 14.0. The lowest BCUT2D eigenvalue weighted by molar-refractivity contribution is 0.419. The van der Waals surface area contributed by atoms with Crippen molar-refractivity contribution in [2.24, 2.45) is 0 Å². The number of nitrogen functional groups attached to an aromatic ring is 1. The van der Waals surface area contributed by atoms with Crippen molar-refractivity contribution in [1.29, 1.82) is 0 Å². The third kappa shape index (κ3) is 3.42. The Labute approximate surface area is 144 Å². The van der Waals surface area contributed by atoms with Gasteiger partial charge in [0.25, 0.3) is 0 Å². The first-order chi connectivity index (χ1) is 12.3. The molecule has 0 aliphatic carbocycles. The van der Waals surface area contributed by atoms with Crippen LogP contribution in [0.4, 0.5) is 5.82 Å². The molecule has 0 saturated heterocycles. The van der Waals surface area contributed by atoms with Gasteiger partial charge in [-0.3, -0.25) is 0 Å². The molecule has 4 rings (SSSR count). The topological polar surface area (TPSA) is 91.0 Å². The molecule has 0 spiro atoms. The molecular weight excluding hydrogens is 316 g/mol. The van der Waals surface area contributed by atoms with Crippen LogP contribution in [0.3, 0.4) is 0 Å². The van der Waals surface area contributed by atoms with Crippen LogP contribution in [0.25, 0.3) is 11.3 Å². The van der Waals surface area contributed by atoms with E-state index in [-0.39, 0.29) is 0 Å². The van der Waals surface area contributed by atoms with Crippen molar-refractivity contribution in [3.8, 4) is 11.3 Å². The molecule has 0 radical (unpaired) electrons. The maximum Gasteiger partial charge on any atom is 0.170 e. The summed E-state index contributed by atoms with van der Waals surface area (Å²) < 4.78 is 10.3. The zero-order chi connectivity index (χ0) is 17.1. The van der Waals surface area contributed by atoms with Gasteiger partial charge >= 0.3 is 0 Å². The van der Waals surface area contributed by atoms with Crippen molar-refractivity contribution in [2.75, 3.05) is 5.73 Å². The third-order valence-electron chi connectivity index (χ3n) is 3.96. The first-order valence-corrected chi connectivity index (χ1v) is 7.90. The Morgan fingerprint density at radius 2 is 1.76 bits per heavy atom. The van der Waals surface area contributed by atoms with Crippen molar-refractivity contribution in [3.05, 3.63) is 83.5 Å². The Morgan fingerprint density at radius 3 is 2.48 bits per heavy atom. The number of rotatable bonds is 5. The summed E-state index contributed by atoms with van der Waals surface area (Å²) in [5, 5.41) is 7.85. The highest BCUT2D eigenvalue weighted by atomic mass is 16.5. The van der Waals surface area contributed by atoms with E-state index in [1.807, 2.05) is 18.2 Å². The van der Waals surface area contributed by atoms with Crippen molar-refractivity contribution < 1.29 is 9.05 Å². The van der Waals surface area contributed by atoms with E-state index in [0.717, 1.165) is 28.8 Å². The van der Waals surface area contributed by atoms with E-state index in [9.17, 15) is 0 Å². The molecule has 0 amide bonds. The highest BCUT2D eigenvalue weighted by molar-refractivity contribution is 5.69. The zero-order valence-electron chi connectivity index (χ0n) is 13.4. The van der Waals surface area contributed by atoms with Crippen molar-refractivity contribution in [3.63, 3.8) is 0 Å². The van der Waals surface area contributed by atoms with Gasteiger partial charge in [0.15, 0.2) is 5.76 Å². The molecule has 6 nitrogen and oxygen atoms in total. The van der Waals surface area contributed by atoms with Gasteiger partial charge in [0, 0.05) is 30.7 Å². The largest absolute Gasteiger partial charge is 0.383 e. The van der Waals surface area contributed by atoms with E-state index >= 15 is 0 Å². The second-order valence-electron chi connectivity index (χ2n) is 5.82. The van der Waals surface area contributed by atoms with Crippen molar-refractivity contribution in [2.45, 2.75) is 12.8 Å². The molecule has 0 bridgehead atoms. The van der Waals surface area contributed by atoms with Gasteiger partial charge in [0.05, 0.1) is 17.5 Å². The fourth-order valence-corrected chi connectivity index (χ4v) is 2.68. The van der Waals surface area contributed by atoms with Crippen LogP contribution in [-0.4, -0.2) is 15.3 Å². The van der Waals surface area contributed by atoms with Crippen LogP contribution in [0.2, 0.25) is 0 Å². The summed E-state index contributed by atoms with van der Waals surface area (Å²) in [6.07, 6.45) is 6.54. The monoisotopic (exact) mass is 332 g/mol.